The van der Waals surface area contributed by atoms with Crippen molar-refractivity contribution < 1.29 is 0 Å². The Kier molecular flexibility index (Phi) is 7.63. The Hall–Kier alpha value is -7.02. The molecule has 1 aliphatic carbocycles. The molecule has 0 saturated heterocycles. The molecule has 0 atom stereocenters. The Morgan fingerprint density at radius 3 is 1.30 bits per heavy atom. The summed E-state index contributed by atoms with van der Waals surface area (Å²) in [6, 6.07) is 76.5. The van der Waals surface area contributed by atoms with E-state index >= 15 is 0 Å². The van der Waals surface area contributed by atoms with E-state index in [-0.39, 0.29) is 5.41 Å². The molecule has 0 radical (unpaired) electrons. The van der Waals surface area contributed by atoms with Crippen molar-refractivity contribution in [2.45, 2.75) is 19.3 Å². The molecule has 0 aromatic heterocycles. The molecule has 10 aromatic carbocycles. The Morgan fingerprint density at radius 2 is 0.684 bits per heavy atom. The molecule has 0 spiro atoms. The first-order valence-electron chi connectivity index (χ1n) is 20.0. The summed E-state index contributed by atoms with van der Waals surface area (Å²) in [6.07, 6.45) is 0. The maximum atomic E-state index is 2.44. The molecular weight excluding hydrogens is 685 g/mol. The van der Waals surface area contributed by atoms with E-state index in [1.807, 2.05) is 0 Å². The van der Waals surface area contributed by atoms with Crippen molar-refractivity contribution in [2.75, 3.05) is 0 Å². The van der Waals surface area contributed by atoms with Crippen molar-refractivity contribution in [1.29, 1.82) is 0 Å². The van der Waals surface area contributed by atoms with Crippen molar-refractivity contribution in [2.24, 2.45) is 0 Å². The average molecular weight is 725 g/mol. The summed E-state index contributed by atoms with van der Waals surface area (Å²) in [7, 11) is 0. The second-order valence-corrected chi connectivity index (χ2v) is 16.1. The van der Waals surface area contributed by atoms with Crippen LogP contribution in [0.1, 0.15) is 25.0 Å². The molecule has 11 rings (SSSR count). The van der Waals surface area contributed by atoms with Crippen LogP contribution >= 0.6 is 0 Å². The zero-order valence-electron chi connectivity index (χ0n) is 32.1. The zero-order chi connectivity index (χ0) is 38.1. The Morgan fingerprint density at radius 1 is 0.246 bits per heavy atom. The lowest BCUT2D eigenvalue weighted by atomic mass is 9.80. The molecule has 57 heavy (non-hydrogen) atoms. The van der Waals surface area contributed by atoms with Gasteiger partial charge in [0.25, 0.3) is 0 Å². The van der Waals surface area contributed by atoms with Gasteiger partial charge in [0.15, 0.2) is 0 Å². The van der Waals surface area contributed by atoms with Crippen LogP contribution in [0.2, 0.25) is 0 Å². The smallest absolute Gasteiger partial charge is 0.0159 e. The summed E-state index contributed by atoms with van der Waals surface area (Å²) in [6.45, 7) is 4.76. The molecule has 0 N–H and O–H groups in total. The number of fused-ring (bicyclic) bond motifs is 7. The first kappa shape index (κ1) is 33.3. The molecule has 0 saturated carbocycles. The highest BCUT2D eigenvalue weighted by atomic mass is 14.4. The number of rotatable bonds is 5. The van der Waals surface area contributed by atoms with Gasteiger partial charge in [0.05, 0.1) is 0 Å². The van der Waals surface area contributed by atoms with Gasteiger partial charge in [-0.25, -0.2) is 0 Å². The van der Waals surface area contributed by atoms with Gasteiger partial charge in [0, 0.05) is 5.41 Å². The standard InChI is InChI=1S/C57H40/c1-57(2)55-35-43(37-14-6-3-7-15-37)23-28-49(55)50-29-24-44(36-56(50)57)42-22-26-47-46(30-42)34-52(39-18-10-5-11-19-39)54-33-45(25-27-48(47)54)53-32-41-21-13-12-20-40(41)31-51(53)38-16-8-4-9-17-38/h3-36H,1-2H3. The van der Waals surface area contributed by atoms with Gasteiger partial charge in [0.1, 0.15) is 0 Å². The highest BCUT2D eigenvalue weighted by Gasteiger charge is 2.36. The first-order valence-corrected chi connectivity index (χ1v) is 20.0. The lowest BCUT2D eigenvalue weighted by Gasteiger charge is -2.23. The predicted octanol–water partition coefficient (Wildman–Crippen LogP) is 15.8. The van der Waals surface area contributed by atoms with E-state index in [4.69, 9.17) is 0 Å². The van der Waals surface area contributed by atoms with Gasteiger partial charge in [-0.15, -0.1) is 0 Å². The van der Waals surface area contributed by atoms with Gasteiger partial charge in [-0.2, -0.15) is 0 Å². The minimum absolute atomic E-state index is 0.109. The SMILES string of the molecule is CC1(C)c2cc(-c3ccccc3)ccc2-c2ccc(-c3ccc4c(c3)cc(-c3ccccc3)c3cc(-c5cc6ccccc6cc5-c5ccccc5)ccc34)cc21. The Bertz CT molecular complexity index is 3170. The molecule has 0 heteroatoms. The lowest BCUT2D eigenvalue weighted by Crippen LogP contribution is -2.15. The average Bonchev–Trinajstić information content (AvgIpc) is 3.50. The van der Waals surface area contributed by atoms with Crippen LogP contribution in [-0.4, -0.2) is 0 Å². The minimum Gasteiger partial charge on any atom is -0.0622 e. The van der Waals surface area contributed by atoms with Gasteiger partial charge in [-0.05, 0) is 153 Å². The third-order valence-corrected chi connectivity index (χ3v) is 12.4. The summed E-state index contributed by atoms with van der Waals surface area (Å²) >= 11 is 0. The second-order valence-electron chi connectivity index (χ2n) is 16.1. The van der Waals surface area contributed by atoms with Crippen LogP contribution in [-0.2, 0) is 5.41 Å². The van der Waals surface area contributed by atoms with Gasteiger partial charge in [-0.1, -0.05) is 178 Å². The largest absolute Gasteiger partial charge is 0.0622 e. The molecule has 0 unspecified atom stereocenters. The number of hydrogen-bond acceptors (Lipinski definition) is 0. The van der Waals surface area contributed by atoms with Crippen LogP contribution in [0, 0.1) is 0 Å². The van der Waals surface area contributed by atoms with Gasteiger partial charge in [0.2, 0.25) is 0 Å². The van der Waals surface area contributed by atoms with Gasteiger partial charge < -0.3 is 0 Å². The Balaban J connectivity index is 1.05. The van der Waals surface area contributed by atoms with E-state index in [1.54, 1.807) is 0 Å². The molecule has 0 fully saturated rings. The summed E-state index contributed by atoms with van der Waals surface area (Å²) in [5.74, 6) is 0. The van der Waals surface area contributed by atoms with E-state index in [1.165, 1.54) is 110 Å². The molecule has 0 nitrogen and oxygen atoms in total. The fourth-order valence-electron chi connectivity index (χ4n) is 9.43. The maximum absolute atomic E-state index is 2.44. The highest BCUT2D eigenvalue weighted by molar-refractivity contribution is 6.16. The lowest BCUT2D eigenvalue weighted by molar-refractivity contribution is 0.661. The predicted molar refractivity (Wildman–Crippen MR) is 244 cm³/mol. The zero-order valence-corrected chi connectivity index (χ0v) is 32.1. The molecule has 10 aromatic rings. The van der Waals surface area contributed by atoms with Crippen LogP contribution in [0.4, 0.5) is 0 Å². The van der Waals surface area contributed by atoms with E-state index in [9.17, 15) is 0 Å². The van der Waals surface area contributed by atoms with Gasteiger partial charge in [-0.3, -0.25) is 0 Å². The van der Waals surface area contributed by atoms with Crippen molar-refractivity contribution in [3.63, 3.8) is 0 Å². The van der Waals surface area contributed by atoms with Crippen molar-refractivity contribution in [3.05, 3.63) is 217 Å². The van der Waals surface area contributed by atoms with E-state index < -0.39 is 0 Å². The van der Waals surface area contributed by atoms with E-state index in [2.05, 4.69) is 220 Å². The molecule has 0 bridgehead atoms. The molecule has 0 heterocycles. The van der Waals surface area contributed by atoms with E-state index in [0.717, 1.165) is 0 Å². The Labute approximate surface area is 334 Å². The summed E-state index contributed by atoms with van der Waals surface area (Å²) in [4.78, 5) is 0. The number of hydrogen-bond donors (Lipinski definition) is 0. The quantitative estimate of drug-likeness (QED) is 0.155. The fraction of sp³-hybridized carbons (Fsp3) is 0.0526. The normalized spacial score (nSPS) is 12.9. The molecule has 0 amide bonds. The van der Waals surface area contributed by atoms with Crippen molar-refractivity contribution >= 4 is 32.3 Å². The molecule has 0 aliphatic heterocycles. The van der Waals surface area contributed by atoms with Gasteiger partial charge >= 0.3 is 0 Å². The summed E-state index contributed by atoms with van der Waals surface area (Å²) in [5.41, 5.74) is 17.8. The molecular formula is C57H40. The van der Waals surface area contributed by atoms with E-state index in [0.29, 0.717) is 0 Å². The summed E-state index contributed by atoms with van der Waals surface area (Å²) < 4.78 is 0. The fourth-order valence-corrected chi connectivity index (χ4v) is 9.43. The molecule has 268 valence electrons. The van der Waals surface area contributed by atoms with Crippen LogP contribution < -0.4 is 0 Å². The van der Waals surface area contributed by atoms with Crippen molar-refractivity contribution in [1.82, 2.24) is 0 Å². The highest BCUT2D eigenvalue weighted by Crippen LogP contribution is 2.51. The maximum Gasteiger partial charge on any atom is 0.0159 e. The van der Waals surface area contributed by atoms with Crippen LogP contribution in [0.5, 0.6) is 0 Å². The second kappa shape index (κ2) is 13.0. The van der Waals surface area contributed by atoms with Crippen LogP contribution in [0.25, 0.3) is 99.1 Å². The topological polar surface area (TPSA) is 0 Å². The van der Waals surface area contributed by atoms with Crippen LogP contribution in [0.3, 0.4) is 0 Å². The first-order chi connectivity index (χ1) is 28.0. The van der Waals surface area contributed by atoms with Crippen LogP contribution in [0.15, 0.2) is 206 Å². The third-order valence-electron chi connectivity index (χ3n) is 12.4. The third kappa shape index (κ3) is 5.52. The number of benzene rings is 10. The molecule has 1 aliphatic rings. The summed E-state index contributed by atoms with van der Waals surface area (Å²) in [5, 5.41) is 7.54. The van der Waals surface area contributed by atoms with Crippen molar-refractivity contribution in [3.8, 4) is 66.8 Å². The minimum atomic E-state index is -0.109. The monoisotopic (exact) mass is 724 g/mol.